The van der Waals surface area contributed by atoms with Crippen LogP contribution in [0.1, 0.15) is 5.76 Å². The molecule has 2 aromatic carbocycles. The van der Waals surface area contributed by atoms with Crippen LogP contribution in [-0.2, 0) is 0 Å². The maximum Gasteiger partial charge on any atom is 0.227 e. The molecule has 2 aromatic heterocycles. The Labute approximate surface area is 184 Å². The van der Waals surface area contributed by atoms with Gasteiger partial charge in [0.2, 0.25) is 11.2 Å². The molecule has 0 saturated heterocycles. The van der Waals surface area contributed by atoms with E-state index >= 15 is 0 Å². The van der Waals surface area contributed by atoms with E-state index in [1.807, 2.05) is 0 Å². The number of aromatic nitrogens is 2. The van der Waals surface area contributed by atoms with Crippen LogP contribution in [-0.4, -0.2) is 32.4 Å². The van der Waals surface area contributed by atoms with Crippen molar-refractivity contribution in [2.45, 2.75) is 6.92 Å². The molecule has 0 aliphatic rings. The van der Waals surface area contributed by atoms with Crippen LogP contribution in [0.3, 0.4) is 0 Å². The Morgan fingerprint density at radius 1 is 1.06 bits per heavy atom. The first-order valence-electron chi connectivity index (χ1n) is 9.09. The van der Waals surface area contributed by atoms with E-state index in [-0.39, 0.29) is 34.5 Å². The Kier molecular flexibility index (Phi) is 5.20. The number of ether oxygens (including phenoxy) is 1. The van der Waals surface area contributed by atoms with E-state index < -0.39 is 11.2 Å². The Bertz CT molecular complexity index is 1360. The fourth-order valence-electron chi connectivity index (χ4n) is 3.17. The van der Waals surface area contributed by atoms with Crippen LogP contribution in [0.4, 0.5) is 0 Å². The van der Waals surface area contributed by atoms with Crippen LogP contribution in [0.15, 0.2) is 56.1 Å². The number of methoxy groups -OCH3 is 1. The van der Waals surface area contributed by atoms with Crippen molar-refractivity contribution in [3.8, 4) is 57.1 Å². The van der Waals surface area contributed by atoms with E-state index in [0.29, 0.717) is 22.6 Å². The minimum absolute atomic E-state index is 0.0201. The number of hydrogen-bond acceptors (Lipinski definition) is 7. The highest BCUT2D eigenvalue weighted by Gasteiger charge is 2.23. The van der Waals surface area contributed by atoms with Gasteiger partial charge in [0, 0.05) is 16.1 Å². The van der Waals surface area contributed by atoms with E-state index in [9.17, 15) is 20.1 Å². The largest absolute Gasteiger partial charge is 0.507 e. The molecule has 4 rings (SSSR count). The van der Waals surface area contributed by atoms with E-state index in [1.165, 1.54) is 25.3 Å². The van der Waals surface area contributed by atoms with Crippen molar-refractivity contribution in [3.63, 3.8) is 0 Å². The van der Waals surface area contributed by atoms with Crippen molar-refractivity contribution in [2.24, 2.45) is 0 Å². The van der Waals surface area contributed by atoms with Crippen LogP contribution < -0.4 is 10.2 Å². The van der Waals surface area contributed by atoms with Gasteiger partial charge in [-0.25, -0.2) is 4.98 Å². The van der Waals surface area contributed by atoms with Gasteiger partial charge in [-0.15, -0.1) is 0 Å². The van der Waals surface area contributed by atoms with Crippen molar-refractivity contribution < 1.29 is 24.5 Å². The predicted octanol–water partition coefficient (Wildman–Crippen LogP) is 4.56. The van der Waals surface area contributed by atoms with Crippen LogP contribution in [0.2, 0.25) is 0 Å². The van der Waals surface area contributed by atoms with Gasteiger partial charge < -0.3 is 29.5 Å². The van der Waals surface area contributed by atoms with Crippen LogP contribution >= 0.6 is 15.9 Å². The van der Waals surface area contributed by atoms with Crippen LogP contribution in [0, 0.1) is 6.92 Å². The van der Waals surface area contributed by atoms with E-state index in [4.69, 9.17) is 9.15 Å². The lowest BCUT2D eigenvalue weighted by Gasteiger charge is -2.08. The average Bonchev–Trinajstić information content (AvgIpc) is 3.17. The standard InChI is InChI=1S/C22H17BrN2O6/c1-10-7-16(28)20(29)21(31-10)19-18(11-3-5-15(27)17(8-11)30-2)24-22(25-19)13-9-12(23)4-6-14(13)26/h3-9,26-27,29H,1-2H3,(H,24,25). The Morgan fingerprint density at radius 3 is 2.55 bits per heavy atom. The molecule has 0 fully saturated rings. The zero-order valence-electron chi connectivity index (χ0n) is 16.4. The number of benzene rings is 2. The maximum absolute atomic E-state index is 12.2. The number of aromatic amines is 1. The van der Waals surface area contributed by atoms with Crippen LogP contribution in [0.5, 0.6) is 23.0 Å². The summed E-state index contributed by atoms with van der Waals surface area (Å²) in [6.45, 7) is 1.59. The molecule has 0 amide bonds. The summed E-state index contributed by atoms with van der Waals surface area (Å²) in [4.78, 5) is 19.8. The minimum atomic E-state index is -0.602. The zero-order valence-corrected chi connectivity index (χ0v) is 18.0. The number of H-pyrrole nitrogens is 1. The van der Waals surface area contributed by atoms with Gasteiger partial charge in [0.05, 0.1) is 12.7 Å². The second-order valence-electron chi connectivity index (χ2n) is 6.76. The third-order valence-electron chi connectivity index (χ3n) is 4.64. The maximum atomic E-state index is 12.2. The highest BCUT2D eigenvalue weighted by Crippen LogP contribution is 2.40. The lowest BCUT2D eigenvalue weighted by molar-refractivity contribution is 0.373. The number of aromatic hydroxyl groups is 3. The van der Waals surface area contributed by atoms with Crippen molar-refractivity contribution in [1.82, 2.24) is 9.97 Å². The Hall–Kier alpha value is -3.72. The van der Waals surface area contributed by atoms with Gasteiger partial charge in [-0.2, -0.15) is 0 Å². The number of phenols is 2. The topological polar surface area (TPSA) is 129 Å². The molecule has 0 saturated carbocycles. The smallest absolute Gasteiger partial charge is 0.227 e. The second-order valence-corrected chi connectivity index (χ2v) is 7.67. The number of halogens is 1. The molecule has 158 valence electrons. The normalized spacial score (nSPS) is 10.9. The van der Waals surface area contributed by atoms with Gasteiger partial charge in [-0.3, -0.25) is 4.79 Å². The number of imidazole rings is 1. The van der Waals surface area contributed by atoms with Gasteiger partial charge >= 0.3 is 0 Å². The number of nitrogens with zero attached hydrogens (tertiary/aromatic N) is 1. The van der Waals surface area contributed by atoms with E-state index in [2.05, 4.69) is 25.9 Å². The van der Waals surface area contributed by atoms with Crippen molar-refractivity contribution in [2.75, 3.05) is 7.11 Å². The van der Waals surface area contributed by atoms with E-state index in [1.54, 1.807) is 31.2 Å². The molecule has 0 radical (unpaired) electrons. The molecular weight excluding hydrogens is 468 g/mol. The summed E-state index contributed by atoms with van der Waals surface area (Å²) in [5.74, 6) is 0.0408. The molecule has 4 N–H and O–H groups in total. The molecule has 0 atom stereocenters. The molecule has 8 nitrogen and oxygen atoms in total. The zero-order chi connectivity index (χ0) is 22.3. The summed E-state index contributed by atoms with van der Waals surface area (Å²) < 4.78 is 11.5. The molecule has 9 heteroatoms. The highest BCUT2D eigenvalue weighted by atomic mass is 79.9. The molecule has 0 bridgehead atoms. The summed E-state index contributed by atoms with van der Waals surface area (Å²) in [6.07, 6.45) is 0. The molecule has 31 heavy (non-hydrogen) atoms. The van der Waals surface area contributed by atoms with Crippen molar-refractivity contribution >= 4 is 15.9 Å². The van der Waals surface area contributed by atoms with Crippen molar-refractivity contribution in [1.29, 1.82) is 0 Å². The molecule has 0 aliphatic heterocycles. The third kappa shape index (κ3) is 3.75. The minimum Gasteiger partial charge on any atom is -0.507 e. The van der Waals surface area contributed by atoms with Gasteiger partial charge in [-0.05, 0) is 43.3 Å². The second kappa shape index (κ2) is 7.84. The first-order valence-corrected chi connectivity index (χ1v) is 9.88. The first-order chi connectivity index (χ1) is 14.8. The number of hydrogen-bond donors (Lipinski definition) is 4. The number of phenolic OH excluding ortho intramolecular Hbond substituents is 2. The predicted molar refractivity (Wildman–Crippen MR) is 117 cm³/mol. The number of rotatable bonds is 4. The summed E-state index contributed by atoms with van der Waals surface area (Å²) >= 11 is 3.37. The quantitative estimate of drug-likeness (QED) is 0.334. The molecule has 0 aliphatic carbocycles. The fraction of sp³-hybridized carbons (Fsp3) is 0.0909. The van der Waals surface area contributed by atoms with Crippen LogP contribution in [0.25, 0.3) is 34.1 Å². The lowest BCUT2D eigenvalue weighted by atomic mass is 10.1. The third-order valence-corrected chi connectivity index (χ3v) is 5.14. The highest BCUT2D eigenvalue weighted by molar-refractivity contribution is 9.10. The molecule has 2 heterocycles. The summed E-state index contributed by atoms with van der Waals surface area (Å²) in [5, 5.41) is 30.7. The fourth-order valence-corrected chi connectivity index (χ4v) is 3.53. The summed E-state index contributed by atoms with van der Waals surface area (Å²) in [7, 11) is 1.42. The number of nitrogens with one attached hydrogen (secondary N) is 1. The molecule has 4 aromatic rings. The summed E-state index contributed by atoms with van der Waals surface area (Å²) in [6, 6.07) is 10.6. The van der Waals surface area contributed by atoms with Gasteiger partial charge in [0.1, 0.15) is 28.7 Å². The van der Waals surface area contributed by atoms with Gasteiger partial charge in [0.15, 0.2) is 17.3 Å². The first kappa shape index (κ1) is 20.5. The monoisotopic (exact) mass is 484 g/mol. The van der Waals surface area contributed by atoms with Crippen molar-refractivity contribution in [3.05, 3.63) is 62.9 Å². The Balaban J connectivity index is 2.03. The lowest BCUT2D eigenvalue weighted by Crippen LogP contribution is -2.01. The summed E-state index contributed by atoms with van der Waals surface area (Å²) in [5.41, 5.74) is 0.846. The van der Waals surface area contributed by atoms with Gasteiger partial charge in [-0.1, -0.05) is 15.9 Å². The van der Waals surface area contributed by atoms with E-state index in [0.717, 1.165) is 4.47 Å². The molecular formula is C22H17BrN2O6. The average molecular weight is 485 g/mol. The van der Waals surface area contributed by atoms with Gasteiger partial charge in [0.25, 0.3) is 0 Å². The molecule has 0 unspecified atom stereocenters. The molecule has 0 spiro atoms. The Morgan fingerprint density at radius 2 is 1.81 bits per heavy atom. The SMILES string of the molecule is COc1cc(-c2nc(-c3cc(Br)ccc3O)[nH]c2-c2oc(C)cc(=O)c2O)ccc1O. The number of aryl methyl sites for hydroxylation is 1.